The molecule has 0 aliphatic rings. The number of ether oxygens (including phenoxy) is 2. The third-order valence-corrected chi connectivity index (χ3v) is 13.1. The molecule has 0 aromatic rings. The first-order valence-electron chi connectivity index (χ1n) is 31.4. The number of carbonyl (C=O) groups excluding carboxylic acids is 2. The number of allylic oxidation sites excluding steroid dienone is 24. The maximum atomic E-state index is 12.3. The second-order valence-electron chi connectivity index (χ2n) is 20.4. The van der Waals surface area contributed by atoms with Gasteiger partial charge in [-0.15, -0.1) is 0 Å². The van der Waals surface area contributed by atoms with Crippen molar-refractivity contribution in [2.24, 2.45) is 0 Å². The number of rotatable bonds is 56. The lowest BCUT2D eigenvalue weighted by Gasteiger charge is -2.15. The zero-order chi connectivity index (χ0) is 54.8. The van der Waals surface area contributed by atoms with Crippen molar-refractivity contribution in [1.82, 2.24) is 0 Å². The predicted octanol–water partition coefficient (Wildman–Crippen LogP) is 21.8. The fourth-order valence-corrected chi connectivity index (χ4v) is 8.50. The molecule has 0 spiro atoms. The first-order chi connectivity index (χ1) is 37.6. The highest BCUT2D eigenvalue weighted by Gasteiger charge is 2.16. The fraction of sp³-hybridized carbons (Fsp3) is 0.634. The summed E-state index contributed by atoms with van der Waals surface area (Å²) in [5, 5.41) is 9.68. The van der Waals surface area contributed by atoms with Crippen molar-refractivity contribution in [1.29, 1.82) is 0 Å². The van der Waals surface area contributed by atoms with E-state index >= 15 is 0 Å². The summed E-state index contributed by atoms with van der Waals surface area (Å²) in [5.41, 5.74) is 0. The van der Waals surface area contributed by atoms with Crippen LogP contribution in [0.4, 0.5) is 0 Å². The molecule has 0 aromatic carbocycles. The zero-order valence-electron chi connectivity index (χ0n) is 49.2. The lowest BCUT2D eigenvalue weighted by Crippen LogP contribution is -2.28. The summed E-state index contributed by atoms with van der Waals surface area (Å²) in [6, 6.07) is 0. The van der Waals surface area contributed by atoms with Gasteiger partial charge in [0.2, 0.25) is 0 Å². The average molecular weight is 1050 g/mol. The highest BCUT2D eigenvalue weighted by molar-refractivity contribution is 5.70. The quantitative estimate of drug-likeness (QED) is 0.0373. The Morgan fingerprint density at radius 2 is 0.526 bits per heavy atom. The van der Waals surface area contributed by atoms with Crippen molar-refractivity contribution in [2.45, 2.75) is 277 Å². The molecule has 5 nitrogen and oxygen atoms in total. The van der Waals surface area contributed by atoms with E-state index in [1.807, 2.05) is 0 Å². The molecule has 0 amide bonds. The van der Waals surface area contributed by atoms with Crippen LogP contribution in [0.2, 0.25) is 0 Å². The van der Waals surface area contributed by atoms with Crippen molar-refractivity contribution >= 4 is 11.9 Å². The van der Waals surface area contributed by atoms with E-state index in [-0.39, 0.29) is 25.2 Å². The van der Waals surface area contributed by atoms with E-state index in [0.717, 1.165) is 128 Å². The topological polar surface area (TPSA) is 72.8 Å². The molecule has 1 atom stereocenters. The maximum Gasteiger partial charge on any atom is 0.306 e. The van der Waals surface area contributed by atoms with Gasteiger partial charge in [-0.25, -0.2) is 0 Å². The van der Waals surface area contributed by atoms with Crippen LogP contribution < -0.4 is 0 Å². The molecule has 1 N–H and O–H groups in total. The summed E-state index contributed by atoms with van der Waals surface area (Å²) in [6.45, 7) is 3.90. The SMILES string of the molecule is CC/C=C\C/C=C\C/C=C\C/C=C\C/C=C\C/C=C\C/C=C\C/C=C\CCCCCCC(=O)OC(CO)COC(=O)CCCCCCCCCCCCCCCCCCCCCC/C=C\C/C=C\C/C=C\C/C=C\CC. The number of unbranched alkanes of at least 4 members (excludes halogenated alkanes) is 24. The van der Waals surface area contributed by atoms with Crippen molar-refractivity contribution < 1.29 is 24.2 Å². The van der Waals surface area contributed by atoms with Crippen LogP contribution in [0.3, 0.4) is 0 Å². The van der Waals surface area contributed by atoms with Gasteiger partial charge in [0.05, 0.1) is 6.61 Å². The predicted molar refractivity (Wildman–Crippen MR) is 334 cm³/mol. The zero-order valence-corrected chi connectivity index (χ0v) is 49.2. The smallest absolute Gasteiger partial charge is 0.306 e. The van der Waals surface area contributed by atoms with Crippen LogP contribution in [0, 0.1) is 0 Å². The summed E-state index contributed by atoms with van der Waals surface area (Å²) in [7, 11) is 0. The number of hydrogen-bond acceptors (Lipinski definition) is 5. The lowest BCUT2D eigenvalue weighted by atomic mass is 10.0. The van der Waals surface area contributed by atoms with Crippen LogP contribution in [-0.2, 0) is 19.1 Å². The molecule has 1 unspecified atom stereocenters. The fourth-order valence-electron chi connectivity index (χ4n) is 8.50. The van der Waals surface area contributed by atoms with Crippen molar-refractivity contribution in [3.63, 3.8) is 0 Å². The Kier molecular flexibility index (Phi) is 61.5. The molecule has 5 heteroatoms. The molecule has 0 heterocycles. The summed E-state index contributed by atoms with van der Waals surface area (Å²) >= 11 is 0. The second kappa shape index (κ2) is 65.1. The molecule has 0 saturated carbocycles. The van der Waals surface area contributed by atoms with Gasteiger partial charge in [0.15, 0.2) is 6.10 Å². The van der Waals surface area contributed by atoms with E-state index in [4.69, 9.17) is 9.47 Å². The summed E-state index contributed by atoms with van der Waals surface area (Å²) in [4.78, 5) is 24.6. The molecule has 0 radical (unpaired) electrons. The van der Waals surface area contributed by atoms with Gasteiger partial charge in [-0.1, -0.05) is 288 Å². The molecular formula is C71H116O5. The highest BCUT2D eigenvalue weighted by atomic mass is 16.6. The van der Waals surface area contributed by atoms with Gasteiger partial charge >= 0.3 is 11.9 Å². The van der Waals surface area contributed by atoms with E-state index in [1.54, 1.807) is 0 Å². The van der Waals surface area contributed by atoms with Crippen LogP contribution in [0.25, 0.3) is 0 Å². The van der Waals surface area contributed by atoms with E-state index in [1.165, 1.54) is 116 Å². The van der Waals surface area contributed by atoms with Crippen molar-refractivity contribution in [3.05, 3.63) is 146 Å². The first-order valence-corrected chi connectivity index (χ1v) is 31.4. The minimum atomic E-state index is -0.796. The minimum Gasteiger partial charge on any atom is -0.462 e. The van der Waals surface area contributed by atoms with E-state index in [9.17, 15) is 14.7 Å². The summed E-state index contributed by atoms with van der Waals surface area (Å²) in [5.74, 6) is -0.621. The van der Waals surface area contributed by atoms with Gasteiger partial charge in [0.25, 0.3) is 0 Å². The van der Waals surface area contributed by atoms with Gasteiger partial charge in [-0.3, -0.25) is 9.59 Å². The maximum absolute atomic E-state index is 12.3. The monoisotopic (exact) mass is 1050 g/mol. The largest absolute Gasteiger partial charge is 0.462 e. The first kappa shape index (κ1) is 71.8. The van der Waals surface area contributed by atoms with E-state index in [2.05, 4.69) is 160 Å². The van der Waals surface area contributed by atoms with Gasteiger partial charge in [-0.2, -0.15) is 0 Å². The van der Waals surface area contributed by atoms with Crippen LogP contribution in [0.5, 0.6) is 0 Å². The number of aliphatic hydroxyl groups is 1. The molecule has 0 saturated heterocycles. The van der Waals surface area contributed by atoms with Crippen molar-refractivity contribution in [3.8, 4) is 0 Å². The summed E-state index contributed by atoms with van der Waals surface area (Å²) in [6.07, 6.45) is 98.4. The average Bonchev–Trinajstić information content (AvgIpc) is 3.42. The number of carbonyl (C=O) groups is 2. The van der Waals surface area contributed by atoms with E-state index < -0.39 is 6.10 Å². The van der Waals surface area contributed by atoms with E-state index in [0.29, 0.717) is 12.8 Å². The molecule has 430 valence electrons. The highest BCUT2D eigenvalue weighted by Crippen LogP contribution is 2.16. The molecule has 0 rings (SSSR count). The molecule has 76 heavy (non-hydrogen) atoms. The molecule has 0 aliphatic heterocycles. The Morgan fingerprint density at radius 3 is 0.789 bits per heavy atom. The molecule has 0 aromatic heterocycles. The Morgan fingerprint density at radius 1 is 0.303 bits per heavy atom. The molecule has 0 bridgehead atoms. The van der Waals surface area contributed by atoms with Gasteiger partial charge < -0.3 is 14.6 Å². The van der Waals surface area contributed by atoms with Gasteiger partial charge in [0.1, 0.15) is 6.61 Å². The standard InChI is InChI=1S/C71H116O5/c1-3-5-7-9-11-13-15-17-19-21-23-25-27-29-31-33-34-35-36-38-39-41-43-45-47-49-51-53-55-57-59-61-63-65-70(73)75-68-69(67-72)76-71(74)66-64-62-60-58-56-54-52-50-48-46-44-42-40-37-32-30-28-26-24-22-20-18-16-14-12-10-8-6-4-2/h5-8,11-14,17-20,23-26,30,32,40,42,46,48,52,54,69,72H,3-4,9-10,15-16,21-22,27-29,31,33-39,41,43-45,47,49-51,53,55-68H2,1-2H3/b7-5-,8-6-,13-11-,14-12-,19-17-,20-18-,25-23-,26-24-,32-30-,42-40-,48-46-,54-52-. The van der Waals surface area contributed by atoms with Gasteiger partial charge in [-0.05, 0) is 116 Å². The number of aliphatic hydroxyl groups excluding tert-OH is 1. The molecular weight excluding hydrogens is 933 g/mol. The Labute approximate surface area is 469 Å². The Bertz CT molecular complexity index is 1610. The lowest BCUT2D eigenvalue weighted by molar-refractivity contribution is -0.161. The minimum absolute atomic E-state index is 0.0829. The number of esters is 2. The van der Waals surface area contributed by atoms with Crippen LogP contribution in [0.15, 0.2) is 146 Å². The molecule has 0 fully saturated rings. The Hall–Kier alpha value is -4.22. The second-order valence-corrected chi connectivity index (χ2v) is 20.4. The van der Waals surface area contributed by atoms with Crippen molar-refractivity contribution in [2.75, 3.05) is 13.2 Å². The van der Waals surface area contributed by atoms with Crippen LogP contribution in [0.1, 0.15) is 271 Å². The third-order valence-electron chi connectivity index (χ3n) is 13.1. The van der Waals surface area contributed by atoms with Gasteiger partial charge in [0, 0.05) is 12.8 Å². The summed E-state index contributed by atoms with van der Waals surface area (Å²) < 4.78 is 10.7. The van der Waals surface area contributed by atoms with Crippen LogP contribution >= 0.6 is 0 Å². The van der Waals surface area contributed by atoms with Crippen LogP contribution in [-0.4, -0.2) is 36.4 Å². The number of hydrogen-bond donors (Lipinski definition) is 1. The third kappa shape index (κ3) is 62.3. The Balaban J connectivity index is 3.55. The normalized spacial score (nSPS) is 13.2. The molecule has 0 aliphatic carbocycles.